The van der Waals surface area contributed by atoms with Crippen LogP contribution in [-0.2, 0) is 12.8 Å². The van der Waals surface area contributed by atoms with Crippen molar-refractivity contribution in [3.05, 3.63) is 17.0 Å². The number of likely N-dealkylation sites (tertiary alicyclic amines) is 1. The molecule has 1 aromatic rings. The van der Waals surface area contributed by atoms with Crippen molar-refractivity contribution < 1.29 is 9.32 Å². The highest BCUT2D eigenvalue weighted by molar-refractivity contribution is 5.94. The van der Waals surface area contributed by atoms with E-state index in [4.69, 9.17) is 4.52 Å². The number of amides is 1. The second kappa shape index (κ2) is 5.95. The molecule has 3 atom stereocenters. The van der Waals surface area contributed by atoms with E-state index >= 15 is 0 Å². The van der Waals surface area contributed by atoms with Crippen LogP contribution >= 0.6 is 0 Å². The number of carbonyl (C=O) groups is 1. The van der Waals surface area contributed by atoms with Crippen LogP contribution in [0.5, 0.6) is 0 Å². The lowest BCUT2D eigenvalue weighted by Gasteiger charge is -2.39. The first kappa shape index (κ1) is 16.5. The fourth-order valence-electron chi connectivity index (χ4n) is 4.26. The molecule has 0 radical (unpaired) electrons. The molecule has 0 N–H and O–H groups in total. The van der Waals surface area contributed by atoms with Crippen LogP contribution in [0.1, 0.15) is 82.1 Å². The third-order valence-electron chi connectivity index (χ3n) is 5.90. The molecule has 4 heteroatoms. The van der Waals surface area contributed by atoms with Gasteiger partial charge in [0, 0.05) is 24.1 Å². The van der Waals surface area contributed by atoms with E-state index in [1.54, 1.807) is 0 Å². The quantitative estimate of drug-likeness (QED) is 0.778. The normalized spacial score (nSPS) is 28.6. The topological polar surface area (TPSA) is 46.3 Å². The first-order chi connectivity index (χ1) is 10.8. The van der Waals surface area contributed by atoms with Crippen LogP contribution in [-0.4, -0.2) is 28.0 Å². The average Bonchev–Trinajstić information content (AvgIpc) is 2.88. The number of aromatic nitrogens is 1. The van der Waals surface area contributed by atoms with Gasteiger partial charge in [-0.3, -0.25) is 4.79 Å². The maximum atomic E-state index is 13.1. The number of piperidine rings is 1. The van der Waals surface area contributed by atoms with E-state index in [0.717, 1.165) is 43.4 Å². The van der Waals surface area contributed by atoms with Gasteiger partial charge in [0.05, 0.1) is 0 Å². The molecule has 2 aliphatic rings. The summed E-state index contributed by atoms with van der Waals surface area (Å²) in [6, 6.07) is 0.584. The number of fused-ring (bicyclic) bond motifs is 1. The van der Waals surface area contributed by atoms with Crippen molar-refractivity contribution >= 4 is 5.91 Å². The van der Waals surface area contributed by atoms with Crippen molar-refractivity contribution in [2.24, 2.45) is 11.3 Å². The third-order valence-corrected chi connectivity index (χ3v) is 5.90. The molecule has 0 spiro atoms. The first-order valence-corrected chi connectivity index (χ1v) is 9.09. The summed E-state index contributed by atoms with van der Waals surface area (Å²) in [5, 5.41) is 4.19. The molecule has 1 fully saturated rings. The van der Waals surface area contributed by atoms with Crippen molar-refractivity contribution in [2.45, 2.75) is 85.2 Å². The number of hydrogen-bond donors (Lipinski definition) is 0. The highest BCUT2D eigenvalue weighted by atomic mass is 16.5. The van der Waals surface area contributed by atoms with Gasteiger partial charge in [0.15, 0.2) is 5.69 Å². The van der Waals surface area contributed by atoms with Gasteiger partial charge in [0.1, 0.15) is 5.76 Å². The van der Waals surface area contributed by atoms with Gasteiger partial charge < -0.3 is 9.42 Å². The standard InChI is InChI=1S/C19H30N2O2/c1-12-7-6-8-13(2)21(12)18(22)17-15-11-14(19(3,4)5)9-10-16(15)23-20-17/h12-14H,6-11H2,1-5H3/t12-,13+,14-/m0/s1. The Bertz CT molecular complexity index is 575. The van der Waals surface area contributed by atoms with Crippen LogP contribution in [0.2, 0.25) is 0 Å². The van der Waals surface area contributed by atoms with Crippen LogP contribution in [0.4, 0.5) is 0 Å². The smallest absolute Gasteiger partial charge is 0.276 e. The van der Waals surface area contributed by atoms with E-state index in [0.29, 0.717) is 23.7 Å². The minimum Gasteiger partial charge on any atom is -0.360 e. The molecule has 0 aromatic carbocycles. The molecule has 128 valence electrons. The molecule has 1 aliphatic heterocycles. The van der Waals surface area contributed by atoms with Gasteiger partial charge in [-0.05, 0) is 57.3 Å². The predicted octanol–water partition coefficient (Wildman–Crippen LogP) is 4.23. The molecule has 2 heterocycles. The Hall–Kier alpha value is -1.32. The molecule has 0 bridgehead atoms. The second-order valence-corrected chi connectivity index (χ2v) is 8.58. The Kier molecular flexibility index (Phi) is 4.28. The molecule has 0 unspecified atom stereocenters. The van der Waals surface area contributed by atoms with Crippen LogP contribution in [0.3, 0.4) is 0 Å². The number of carbonyl (C=O) groups excluding carboxylic acids is 1. The van der Waals surface area contributed by atoms with Gasteiger partial charge in [-0.1, -0.05) is 25.9 Å². The molecule has 1 amide bonds. The van der Waals surface area contributed by atoms with Crippen LogP contribution < -0.4 is 0 Å². The van der Waals surface area contributed by atoms with Gasteiger partial charge in [-0.25, -0.2) is 0 Å². The van der Waals surface area contributed by atoms with E-state index in [2.05, 4.69) is 39.8 Å². The van der Waals surface area contributed by atoms with E-state index in [9.17, 15) is 4.79 Å². The van der Waals surface area contributed by atoms with Crippen molar-refractivity contribution in [2.75, 3.05) is 0 Å². The van der Waals surface area contributed by atoms with Gasteiger partial charge in [0.2, 0.25) is 0 Å². The summed E-state index contributed by atoms with van der Waals surface area (Å²) in [5.41, 5.74) is 1.90. The second-order valence-electron chi connectivity index (χ2n) is 8.58. The molecule has 1 saturated heterocycles. The highest BCUT2D eigenvalue weighted by Gasteiger charge is 2.37. The minimum atomic E-state index is 0.0734. The maximum absolute atomic E-state index is 13.1. The summed E-state index contributed by atoms with van der Waals surface area (Å²) >= 11 is 0. The Morgan fingerprint density at radius 2 is 1.83 bits per heavy atom. The summed E-state index contributed by atoms with van der Waals surface area (Å²) in [6.07, 6.45) is 6.31. The lowest BCUT2D eigenvalue weighted by atomic mass is 9.71. The first-order valence-electron chi connectivity index (χ1n) is 9.09. The fraction of sp³-hybridized carbons (Fsp3) is 0.789. The monoisotopic (exact) mass is 318 g/mol. The summed E-state index contributed by atoms with van der Waals surface area (Å²) < 4.78 is 5.53. The largest absolute Gasteiger partial charge is 0.360 e. The van der Waals surface area contributed by atoms with Crippen LogP contribution in [0.15, 0.2) is 4.52 Å². The predicted molar refractivity (Wildman–Crippen MR) is 90.4 cm³/mol. The summed E-state index contributed by atoms with van der Waals surface area (Å²) in [7, 11) is 0. The number of rotatable bonds is 1. The SMILES string of the molecule is C[C@@H]1CCC[C@H](C)N1C(=O)c1noc2c1C[C@@H](C(C)(C)C)CC2. The number of nitrogens with zero attached hydrogens (tertiary/aromatic N) is 2. The summed E-state index contributed by atoms with van der Waals surface area (Å²) in [6.45, 7) is 11.2. The van der Waals surface area contributed by atoms with Gasteiger partial charge in [-0.15, -0.1) is 0 Å². The molecular formula is C19H30N2O2. The zero-order valence-electron chi connectivity index (χ0n) is 15.2. The fourth-order valence-corrected chi connectivity index (χ4v) is 4.26. The Balaban J connectivity index is 1.87. The van der Waals surface area contributed by atoms with Gasteiger partial charge in [0.25, 0.3) is 5.91 Å². The Morgan fingerprint density at radius 1 is 1.17 bits per heavy atom. The van der Waals surface area contributed by atoms with E-state index in [-0.39, 0.29) is 11.3 Å². The number of aryl methyl sites for hydroxylation is 1. The lowest BCUT2D eigenvalue weighted by molar-refractivity contribution is 0.0498. The molecule has 1 aromatic heterocycles. The molecule has 4 nitrogen and oxygen atoms in total. The minimum absolute atomic E-state index is 0.0734. The van der Waals surface area contributed by atoms with Crippen LogP contribution in [0.25, 0.3) is 0 Å². The van der Waals surface area contributed by atoms with Crippen molar-refractivity contribution in [1.29, 1.82) is 0 Å². The zero-order valence-corrected chi connectivity index (χ0v) is 15.2. The molecule has 23 heavy (non-hydrogen) atoms. The van der Waals surface area contributed by atoms with Crippen molar-refractivity contribution in [3.63, 3.8) is 0 Å². The Morgan fingerprint density at radius 3 is 2.43 bits per heavy atom. The maximum Gasteiger partial charge on any atom is 0.276 e. The van der Waals surface area contributed by atoms with Crippen LogP contribution in [0, 0.1) is 11.3 Å². The van der Waals surface area contributed by atoms with E-state index in [1.807, 2.05) is 4.90 Å². The third kappa shape index (κ3) is 3.05. The van der Waals surface area contributed by atoms with Gasteiger partial charge >= 0.3 is 0 Å². The highest BCUT2D eigenvalue weighted by Crippen LogP contribution is 2.39. The number of hydrogen-bond acceptors (Lipinski definition) is 3. The van der Waals surface area contributed by atoms with E-state index < -0.39 is 0 Å². The lowest BCUT2D eigenvalue weighted by Crippen LogP contribution is -2.48. The van der Waals surface area contributed by atoms with Gasteiger partial charge in [-0.2, -0.15) is 0 Å². The van der Waals surface area contributed by atoms with E-state index in [1.165, 1.54) is 6.42 Å². The summed E-state index contributed by atoms with van der Waals surface area (Å²) in [5.74, 6) is 1.59. The average molecular weight is 318 g/mol. The zero-order chi connectivity index (χ0) is 16.8. The molecule has 1 aliphatic carbocycles. The van der Waals surface area contributed by atoms with Crippen molar-refractivity contribution in [3.8, 4) is 0 Å². The molecule has 3 rings (SSSR count). The van der Waals surface area contributed by atoms with Crippen molar-refractivity contribution in [1.82, 2.24) is 10.1 Å². The Labute approximate surface area is 139 Å². The molecular weight excluding hydrogens is 288 g/mol. The molecule has 0 saturated carbocycles. The summed E-state index contributed by atoms with van der Waals surface area (Å²) in [4.78, 5) is 15.1.